The Bertz CT molecular complexity index is 1000. The van der Waals surface area contributed by atoms with E-state index in [0.29, 0.717) is 17.6 Å². The van der Waals surface area contributed by atoms with Crippen LogP contribution in [0.15, 0.2) is 51.8 Å². The first-order chi connectivity index (χ1) is 13.2. The van der Waals surface area contributed by atoms with E-state index in [0.717, 1.165) is 24.5 Å². The second-order valence-electron chi connectivity index (χ2n) is 6.73. The molecule has 0 saturated carbocycles. The lowest BCUT2D eigenvalue weighted by atomic mass is 10.2. The first-order valence-electron chi connectivity index (χ1n) is 9.26. The third kappa shape index (κ3) is 3.86. The predicted molar refractivity (Wildman–Crippen MR) is 103 cm³/mol. The van der Waals surface area contributed by atoms with Gasteiger partial charge in [0.05, 0.1) is 5.52 Å². The number of pyridine rings is 1. The number of nitrogens with one attached hydrogen (secondary N) is 1. The van der Waals surface area contributed by atoms with Crippen LogP contribution in [0.4, 0.5) is 5.82 Å². The average molecular weight is 366 g/mol. The summed E-state index contributed by atoms with van der Waals surface area (Å²) >= 11 is 0. The average Bonchev–Trinajstić information content (AvgIpc) is 3.32. The zero-order valence-corrected chi connectivity index (χ0v) is 15.1. The van der Waals surface area contributed by atoms with E-state index in [1.54, 1.807) is 12.3 Å². The highest BCUT2D eigenvalue weighted by atomic mass is 16.4. The fraction of sp³-hybridized carbons (Fsp3) is 0.350. The summed E-state index contributed by atoms with van der Waals surface area (Å²) in [6.45, 7) is 2.81. The molecule has 3 aromatic rings. The number of carbonyl (C=O) groups excluding carboxylic acids is 1. The second-order valence-corrected chi connectivity index (χ2v) is 6.73. The molecule has 0 atom stereocenters. The third-order valence-corrected chi connectivity index (χ3v) is 4.87. The Morgan fingerprint density at radius 3 is 2.85 bits per heavy atom. The van der Waals surface area contributed by atoms with Crippen molar-refractivity contribution >= 4 is 22.8 Å². The first kappa shape index (κ1) is 17.3. The molecule has 1 aliphatic rings. The summed E-state index contributed by atoms with van der Waals surface area (Å²) in [7, 11) is 0. The summed E-state index contributed by atoms with van der Waals surface area (Å²) in [6, 6.07) is 11.2. The van der Waals surface area contributed by atoms with Crippen molar-refractivity contribution in [2.24, 2.45) is 0 Å². The highest BCUT2D eigenvalue weighted by Crippen LogP contribution is 2.18. The van der Waals surface area contributed by atoms with Crippen molar-refractivity contribution in [3.8, 4) is 0 Å². The molecule has 1 aromatic carbocycles. The molecule has 27 heavy (non-hydrogen) atoms. The number of fused-ring (bicyclic) bond motifs is 1. The van der Waals surface area contributed by atoms with Crippen molar-refractivity contribution in [2.45, 2.75) is 32.4 Å². The fourth-order valence-corrected chi connectivity index (χ4v) is 3.42. The Morgan fingerprint density at radius 2 is 2.00 bits per heavy atom. The van der Waals surface area contributed by atoms with Gasteiger partial charge in [-0.1, -0.05) is 12.1 Å². The van der Waals surface area contributed by atoms with E-state index in [4.69, 9.17) is 4.42 Å². The molecule has 0 bridgehead atoms. The predicted octanol–water partition coefficient (Wildman–Crippen LogP) is 2.30. The van der Waals surface area contributed by atoms with Gasteiger partial charge in [-0.15, -0.1) is 0 Å². The van der Waals surface area contributed by atoms with E-state index in [-0.39, 0.29) is 18.9 Å². The number of oxazole rings is 1. The summed E-state index contributed by atoms with van der Waals surface area (Å²) in [5, 5.41) is 2.92. The van der Waals surface area contributed by atoms with Crippen LogP contribution in [0.5, 0.6) is 0 Å². The molecular weight excluding hydrogens is 344 g/mol. The maximum Gasteiger partial charge on any atom is 0.419 e. The first-order valence-corrected chi connectivity index (χ1v) is 9.26. The van der Waals surface area contributed by atoms with E-state index in [1.165, 1.54) is 17.4 Å². The number of nitrogens with zero attached hydrogens (tertiary/aromatic N) is 3. The van der Waals surface area contributed by atoms with Crippen molar-refractivity contribution in [1.82, 2.24) is 14.9 Å². The van der Waals surface area contributed by atoms with Crippen LogP contribution in [-0.2, 0) is 17.9 Å². The molecule has 2 aromatic heterocycles. The number of amides is 1. The maximum absolute atomic E-state index is 12.2. The molecular formula is C20H22N4O3. The number of aryl methyl sites for hydroxylation is 1. The summed E-state index contributed by atoms with van der Waals surface area (Å²) in [5.74, 6) is 0.427. The molecule has 1 N–H and O–H groups in total. The number of hydrogen-bond acceptors (Lipinski definition) is 5. The summed E-state index contributed by atoms with van der Waals surface area (Å²) in [6.07, 6.45) is 4.40. The number of benzene rings is 1. The Morgan fingerprint density at radius 1 is 1.19 bits per heavy atom. The van der Waals surface area contributed by atoms with Gasteiger partial charge in [0.2, 0.25) is 5.91 Å². The van der Waals surface area contributed by atoms with Gasteiger partial charge in [0, 0.05) is 38.8 Å². The molecule has 140 valence electrons. The number of anilines is 1. The smallest absolute Gasteiger partial charge is 0.408 e. The van der Waals surface area contributed by atoms with Crippen LogP contribution in [-0.4, -0.2) is 28.5 Å². The largest absolute Gasteiger partial charge is 0.419 e. The molecule has 0 spiro atoms. The molecule has 7 heteroatoms. The van der Waals surface area contributed by atoms with Crippen LogP contribution in [0.1, 0.15) is 24.8 Å². The topological polar surface area (TPSA) is 80.4 Å². The van der Waals surface area contributed by atoms with Gasteiger partial charge >= 0.3 is 5.76 Å². The van der Waals surface area contributed by atoms with E-state index >= 15 is 0 Å². The van der Waals surface area contributed by atoms with Crippen molar-refractivity contribution in [1.29, 1.82) is 0 Å². The normalized spacial score (nSPS) is 14.0. The van der Waals surface area contributed by atoms with Crippen LogP contribution < -0.4 is 16.0 Å². The molecule has 4 rings (SSSR count). The standard InChI is InChI=1S/C20H22N4O3/c25-19(8-12-24-16-5-1-2-6-17(16)27-20(24)26)22-14-15-7-9-21-18(13-15)23-10-3-4-11-23/h1-2,5-7,9,13H,3-4,8,10-12,14H2,(H,22,25). The SMILES string of the molecule is O=C(CCn1c(=O)oc2ccccc21)NCc1ccnc(N2CCCC2)c1. The Balaban J connectivity index is 1.34. The van der Waals surface area contributed by atoms with E-state index in [9.17, 15) is 9.59 Å². The molecule has 3 heterocycles. The van der Waals surface area contributed by atoms with Crippen molar-refractivity contribution < 1.29 is 9.21 Å². The number of rotatable bonds is 6. The quantitative estimate of drug-likeness (QED) is 0.724. The summed E-state index contributed by atoms with van der Waals surface area (Å²) in [4.78, 5) is 30.9. The van der Waals surface area contributed by atoms with Gasteiger partial charge in [-0.25, -0.2) is 9.78 Å². The number of aromatic nitrogens is 2. The van der Waals surface area contributed by atoms with Crippen LogP contribution >= 0.6 is 0 Å². The lowest BCUT2D eigenvalue weighted by Crippen LogP contribution is -2.26. The summed E-state index contributed by atoms with van der Waals surface area (Å²) < 4.78 is 6.68. The van der Waals surface area contributed by atoms with Crippen LogP contribution in [0, 0.1) is 0 Å². The lowest BCUT2D eigenvalue weighted by molar-refractivity contribution is -0.121. The van der Waals surface area contributed by atoms with Crippen LogP contribution in [0.25, 0.3) is 11.1 Å². The molecule has 0 radical (unpaired) electrons. The Kier molecular flexibility index (Phi) is 4.91. The van der Waals surface area contributed by atoms with Crippen molar-refractivity contribution in [3.63, 3.8) is 0 Å². The number of para-hydroxylation sites is 2. The molecule has 1 amide bonds. The number of carbonyl (C=O) groups is 1. The molecule has 1 aliphatic heterocycles. The Hall–Kier alpha value is -3.09. The minimum atomic E-state index is -0.437. The van der Waals surface area contributed by atoms with Crippen LogP contribution in [0.2, 0.25) is 0 Å². The van der Waals surface area contributed by atoms with E-state index in [1.807, 2.05) is 30.3 Å². The zero-order valence-electron chi connectivity index (χ0n) is 15.1. The van der Waals surface area contributed by atoms with Gasteiger partial charge in [0.1, 0.15) is 5.82 Å². The van der Waals surface area contributed by atoms with Crippen molar-refractivity contribution in [2.75, 3.05) is 18.0 Å². The van der Waals surface area contributed by atoms with Crippen molar-refractivity contribution in [3.05, 3.63) is 58.7 Å². The fourth-order valence-electron chi connectivity index (χ4n) is 3.42. The third-order valence-electron chi connectivity index (χ3n) is 4.87. The van der Waals surface area contributed by atoms with Gasteiger partial charge in [-0.2, -0.15) is 0 Å². The molecule has 0 unspecified atom stereocenters. The van der Waals surface area contributed by atoms with E-state index in [2.05, 4.69) is 15.2 Å². The zero-order chi connectivity index (χ0) is 18.6. The molecule has 1 saturated heterocycles. The highest BCUT2D eigenvalue weighted by Gasteiger charge is 2.14. The molecule has 7 nitrogen and oxygen atoms in total. The maximum atomic E-state index is 12.2. The monoisotopic (exact) mass is 366 g/mol. The minimum absolute atomic E-state index is 0.105. The molecule has 0 aliphatic carbocycles. The number of hydrogen-bond donors (Lipinski definition) is 1. The van der Waals surface area contributed by atoms with Gasteiger partial charge in [0.15, 0.2) is 5.58 Å². The van der Waals surface area contributed by atoms with Gasteiger partial charge < -0.3 is 14.6 Å². The lowest BCUT2D eigenvalue weighted by Gasteiger charge is -2.17. The van der Waals surface area contributed by atoms with Gasteiger partial charge in [-0.3, -0.25) is 9.36 Å². The van der Waals surface area contributed by atoms with Gasteiger partial charge in [0.25, 0.3) is 0 Å². The van der Waals surface area contributed by atoms with Crippen LogP contribution in [0.3, 0.4) is 0 Å². The second kappa shape index (κ2) is 7.65. The highest BCUT2D eigenvalue weighted by molar-refractivity contribution is 5.76. The Labute approximate surface area is 156 Å². The minimum Gasteiger partial charge on any atom is -0.408 e. The van der Waals surface area contributed by atoms with E-state index < -0.39 is 5.76 Å². The molecule has 1 fully saturated rings. The van der Waals surface area contributed by atoms with Gasteiger partial charge in [-0.05, 0) is 42.7 Å². The summed E-state index contributed by atoms with van der Waals surface area (Å²) in [5.41, 5.74) is 2.26.